The van der Waals surface area contributed by atoms with Crippen molar-refractivity contribution >= 4 is 0 Å². The van der Waals surface area contributed by atoms with Crippen LogP contribution >= 0.6 is 0 Å². The lowest BCUT2D eigenvalue weighted by Gasteiger charge is -2.19. The Morgan fingerprint density at radius 3 is 1.43 bits per heavy atom. The van der Waals surface area contributed by atoms with E-state index in [2.05, 4.69) is 48.5 Å². The number of alkyl halides is 5. The molecule has 0 fully saturated rings. The molecule has 0 heterocycles. The highest BCUT2D eigenvalue weighted by Crippen LogP contribution is 2.32. The van der Waals surface area contributed by atoms with E-state index in [-0.39, 0.29) is 13.0 Å². The number of nitrogens with one attached hydrogen (secondary N) is 1. The Kier molecular flexibility index (Phi) is 7.16. The van der Waals surface area contributed by atoms with Crippen molar-refractivity contribution in [2.75, 3.05) is 6.54 Å². The SMILES string of the molecule is CCCNC(F)(F)C(F)(F)F.c1ccc(-c2ccccc2)cc1. The Labute approximate surface area is 132 Å². The lowest BCUT2D eigenvalue weighted by molar-refractivity contribution is -0.295. The number of halogens is 5. The van der Waals surface area contributed by atoms with Gasteiger partial charge in [0.25, 0.3) is 0 Å². The maximum atomic E-state index is 11.9. The second kappa shape index (κ2) is 8.62. The maximum Gasteiger partial charge on any atom is 0.469 e. The molecule has 126 valence electrons. The predicted molar refractivity (Wildman–Crippen MR) is 81.2 cm³/mol. The summed E-state index contributed by atoms with van der Waals surface area (Å²) in [4.78, 5) is 0. The molecule has 0 bridgehead atoms. The van der Waals surface area contributed by atoms with E-state index in [1.165, 1.54) is 18.1 Å². The van der Waals surface area contributed by atoms with Gasteiger partial charge < -0.3 is 0 Å². The molecule has 0 aliphatic heterocycles. The average molecular weight is 331 g/mol. The van der Waals surface area contributed by atoms with Crippen molar-refractivity contribution in [3.05, 3.63) is 60.7 Å². The number of rotatable bonds is 4. The monoisotopic (exact) mass is 331 g/mol. The fourth-order valence-corrected chi connectivity index (χ4v) is 1.64. The fraction of sp³-hybridized carbons (Fsp3) is 0.294. The Morgan fingerprint density at radius 1 is 0.739 bits per heavy atom. The molecule has 0 unspecified atom stereocenters. The van der Waals surface area contributed by atoms with E-state index >= 15 is 0 Å². The fourth-order valence-electron chi connectivity index (χ4n) is 1.64. The lowest BCUT2D eigenvalue weighted by atomic mass is 10.1. The van der Waals surface area contributed by atoms with Crippen molar-refractivity contribution in [3.8, 4) is 11.1 Å². The molecular formula is C17H18F5N. The highest BCUT2D eigenvalue weighted by atomic mass is 19.4. The van der Waals surface area contributed by atoms with Crippen LogP contribution in [0.15, 0.2) is 60.7 Å². The first kappa shape index (κ1) is 19.1. The molecule has 0 radical (unpaired) electrons. The predicted octanol–water partition coefficient (Wildman–Crippen LogP) is 5.49. The van der Waals surface area contributed by atoms with Gasteiger partial charge in [-0.3, -0.25) is 5.32 Å². The van der Waals surface area contributed by atoms with Crippen LogP contribution in [-0.2, 0) is 0 Å². The van der Waals surface area contributed by atoms with Gasteiger partial charge in [0.1, 0.15) is 0 Å². The van der Waals surface area contributed by atoms with Crippen molar-refractivity contribution in [3.63, 3.8) is 0 Å². The van der Waals surface area contributed by atoms with Gasteiger partial charge in [0.05, 0.1) is 0 Å². The molecule has 0 saturated heterocycles. The normalized spacial score (nSPS) is 11.6. The van der Waals surface area contributed by atoms with Gasteiger partial charge in [-0.2, -0.15) is 22.0 Å². The summed E-state index contributed by atoms with van der Waals surface area (Å²) in [6, 6.07) is 16.0. The molecule has 0 aliphatic carbocycles. The van der Waals surface area contributed by atoms with Gasteiger partial charge >= 0.3 is 12.2 Å². The van der Waals surface area contributed by atoms with Gasteiger partial charge in [0.2, 0.25) is 0 Å². The van der Waals surface area contributed by atoms with E-state index in [9.17, 15) is 22.0 Å². The molecule has 0 atom stereocenters. The first-order valence-electron chi connectivity index (χ1n) is 7.08. The van der Waals surface area contributed by atoms with Crippen LogP contribution in [0.3, 0.4) is 0 Å². The van der Waals surface area contributed by atoms with Gasteiger partial charge in [0, 0.05) is 6.54 Å². The molecule has 0 spiro atoms. The van der Waals surface area contributed by atoms with Gasteiger partial charge in [-0.15, -0.1) is 0 Å². The third-order valence-corrected chi connectivity index (χ3v) is 2.83. The Morgan fingerprint density at radius 2 is 1.13 bits per heavy atom. The summed E-state index contributed by atoms with van der Waals surface area (Å²) in [5, 5.41) is 1.09. The standard InChI is InChI=1S/C12H10.C5H8F5N/c1-3-7-11(8-4-1)12-9-5-2-6-10-12;1-2-3-11-5(9,10)4(6,7)8/h1-10H;11H,2-3H2,1H3. The molecule has 1 nitrogen and oxygen atoms in total. The third kappa shape index (κ3) is 6.36. The maximum absolute atomic E-state index is 11.9. The van der Waals surface area contributed by atoms with Gasteiger partial charge in [-0.1, -0.05) is 67.6 Å². The first-order valence-corrected chi connectivity index (χ1v) is 7.08. The second-order valence-corrected chi connectivity index (χ2v) is 4.73. The Hall–Kier alpha value is -1.95. The van der Waals surface area contributed by atoms with Crippen LogP contribution in [-0.4, -0.2) is 18.8 Å². The van der Waals surface area contributed by atoms with Crippen LogP contribution in [0.2, 0.25) is 0 Å². The lowest BCUT2D eigenvalue weighted by Crippen LogP contribution is -2.49. The van der Waals surface area contributed by atoms with Crippen LogP contribution in [0, 0.1) is 0 Å². The van der Waals surface area contributed by atoms with E-state index in [0.29, 0.717) is 0 Å². The highest BCUT2D eigenvalue weighted by Gasteiger charge is 2.57. The highest BCUT2D eigenvalue weighted by molar-refractivity contribution is 5.62. The van der Waals surface area contributed by atoms with Gasteiger partial charge in [0.15, 0.2) is 0 Å². The molecule has 0 saturated carbocycles. The molecule has 2 aromatic rings. The molecule has 23 heavy (non-hydrogen) atoms. The Balaban J connectivity index is 0.000000232. The minimum absolute atomic E-state index is 0.228. The summed E-state index contributed by atoms with van der Waals surface area (Å²) in [5.41, 5.74) is 2.55. The van der Waals surface area contributed by atoms with E-state index in [1.54, 1.807) is 0 Å². The second-order valence-electron chi connectivity index (χ2n) is 4.73. The smallest absolute Gasteiger partial charge is 0.250 e. The number of benzene rings is 2. The zero-order valence-corrected chi connectivity index (χ0v) is 12.6. The van der Waals surface area contributed by atoms with E-state index in [4.69, 9.17) is 0 Å². The van der Waals surface area contributed by atoms with Gasteiger partial charge in [-0.05, 0) is 17.5 Å². The topological polar surface area (TPSA) is 12.0 Å². The van der Waals surface area contributed by atoms with Crippen molar-refractivity contribution in [2.45, 2.75) is 25.6 Å². The minimum Gasteiger partial charge on any atom is -0.250 e. The molecule has 2 aromatic carbocycles. The third-order valence-electron chi connectivity index (χ3n) is 2.83. The number of hydrogen-bond acceptors (Lipinski definition) is 1. The minimum atomic E-state index is -5.50. The van der Waals surface area contributed by atoms with Crippen LogP contribution < -0.4 is 5.32 Å². The quantitative estimate of drug-likeness (QED) is 0.576. The van der Waals surface area contributed by atoms with Gasteiger partial charge in [-0.25, -0.2) is 0 Å². The van der Waals surface area contributed by atoms with Crippen molar-refractivity contribution < 1.29 is 22.0 Å². The van der Waals surface area contributed by atoms with Crippen molar-refractivity contribution in [1.82, 2.24) is 5.32 Å². The first-order chi connectivity index (χ1) is 10.8. The summed E-state index contributed by atoms with van der Waals surface area (Å²) < 4.78 is 57.8. The molecule has 0 aromatic heterocycles. The summed E-state index contributed by atoms with van der Waals surface area (Å²) in [6.07, 6.45) is -5.27. The molecular weight excluding hydrogens is 313 g/mol. The van der Waals surface area contributed by atoms with E-state index in [0.717, 1.165) is 5.32 Å². The Bertz CT molecular complexity index is 515. The zero-order chi connectivity index (χ0) is 17.3. The van der Waals surface area contributed by atoms with Crippen molar-refractivity contribution in [1.29, 1.82) is 0 Å². The summed E-state index contributed by atoms with van der Waals surface area (Å²) in [7, 11) is 0. The molecule has 2 rings (SSSR count). The van der Waals surface area contributed by atoms with Crippen LogP contribution in [0.4, 0.5) is 22.0 Å². The molecule has 0 amide bonds. The van der Waals surface area contributed by atoms with E-state index < -0.39 is 12.2 Å². The summed E-state index contributed by atoms with van der Waals surface area (Å²) in [5.74, 6) is 0. The molecule has 1 N–H and O–H groups in total. The van der Waals surface area contributed by atoms with E-state index in [1.807, 2.05) is 12.1 Å². The molecule has 6 heteroatoms. The summed E-state index contributed by atoms with van der Waals surface area (Å²) >= 11 is 0. The van der Waals surface area contributed by atoms with Crippen LogP contribution in [0.1, 0.15) is 13.3 Å². The van der Waals surface area contributed by atoms with Crippen LogP contribution in [0.25, 0.3) is 11.1 Å². The largest absolute Gasteiger partial charge is 0.469 e. The zero-order valence-electron chi connectivity index (χ0n) is 12.6. The number of hydrogen-bond donors (Lipinski definition) is 1. The average Bonchev–Trinajstić information content (AvgIpc) is 2.54. The summed E-state index contributed by atoms with van der Waals surface area (Å²) in [6.45, 7) is 1.14. The van der Waals surface area contributed by atoms with Crippen molar-refractivity contribution in [2.24, 2.45) is 0 Å². The van der Waals surface area contributed by atoms with Crippen LogP contribution in [0.5, 0.6) is 0 Å². The molecule has 0 aliphatic rings.